The molecule has 2 heterocycles. The van der Waals surface area contributed by atoms with Gasteiger partial charge < -0.3 is 20.1 Å². The monoisotopic (exact) mass is 333 g/mol. The maximum absolute atomic E-state index is 12.2. The molecule has 3 rings (SSSR count). The number of aryl methyl sites for hydroxylation is 1. The highest BCUT2D eigenvalue weighted by Gasteiger charge is 2.22. The van der Waals surface area contributed by atoms with Crippen molar-refractivity contribution >= 4 is 22.4 Å². The van der Waals surface area contributed by atoms with Crippen molar-refractivity contribution in [2.75, 3.05) is 32.2 Å². The van der Waals surface area contributed by atoms with Crippen LogP contribution in [0.4, 0.5) is 5.13 Å². The molecule has 23 heavy (non-hydrogen) atoms. The maximum Gasteiger partial charge on any atom is 0.245 e. The highest BCUT2D eigenvalue weighted by molar-refractivity contribution is 7.14. The topological polar surface area (TPSA) is 72.5 Å². The Morgan fingerprint density at radius 1 is 1.52 bits per heavy atom. The minimum absolute atomic E-state index is 0.123. The van der Waals surface area contributed by atoms with Gasteiger partial charge in [0.25, 0.3) is 0 Å². The van der Waals surface area contributed by atoms with Gasteiger partial charge in [0.15, 0.2) is 5.13 Å². The minimum Gasteiger partial charge on any atom is -0.496 e. The third-order valence-electron chi connectivity index (χ3n) is 3.60. The molecule has 0 bridgehead atoms. The summed E-state index contributed by atoms with van der Waals surface area (Å²) in [5, 5.41) is 8.45. The van der Waals surface area contributed by atoms with Gasteiger partial charge in [-0.2, -0.15) is 0 Å². The van der Waals surface area contributed by atoms with Gasteiger partial charge in [-0.15, -0.1) is 11.3 Å². The van der Waals surface area contributed by atoms with Crippen molar-refractivity contribution in [3.05, 3.63) is 29.1 Å². The normalized spacial score (nSPS) is 17.7. The lowest BCUT2D eigenvalue weighted by molar-refractivity contribution is -0.120. The number of hydrogen-bond acceptors (Lipinski definition) is 6. The molecule has 122 valence electrons. The van der Waals surface area contributed by atoms with Crippen LogP contribution in [0.2, 0.25) is 0 Å². The van der Waals surface area contributed by atoms with E-state index < -0.39 is 0 Å². The van der Waals surface area contributed by atoms with E-state index in [1.54, 1.807) is 7.11 Å². The standard InChI is InChI=1S/C16H19N3O3S/c1-10-3-4-14(21-2)11(7-10)13-9-23-16(18-13)19-15(20)12-8-22-6-5-17-12/h3-4,7,9,12,17H,5-6,8H2,1-2H3,(H,18,19,20). The lowest BCUT2D eigenvalue weighted by atomic mass is 10.1. The molecule has 0 spiro atoms. The molecular weight excluding hydrogens is 314 g/mol. The fourth-order valence-corrected chi connectivity index (χ4v) is 3.12. The van der Waals surface area contributed by atoms with Gasteiger partial charge in [-0.25, -0.2) is 4.98 Å². The van der Waals surface area contributed by atoms with E-state index in [1.807, 2.05) is 30.5 Å². The van der Waals surface area contributed by atoms with Gasteiger partial charge in [0, 0.05) is 17.5 Å². The van der Waals surface area contributed by atoms with Crippen molar-refractivity contribution in [3.8, 4) is 17.0 Å². The molecule has 6 nitrogen and oxygen atoms in total. The number of aromatic nitrogens is 1. The highest BCUT2D eigenvalue weighted by Crippen LogP contribution is 2.32. The molecule has 0 radical (unpaired) electrons. The zero-order valence-electron chi connectivity index (χ0n) is 13.1. The van der Waals surface area contributed by atoms with Gasteiger partial charge in [0.1, 0.15) is 11.8 Å². The summed E-state index contributed by atoms with van der Waals surface area (Å²) in [7, 11) is 1.64. The lowest BCUT2D eigenvalue weighted by Gasteiger charge is -2.22. The Bertz CT molecular complexity index is 696. The number of nitrogens with zero attached hydrogens (tertiary/aromatic N) is 1. The molecule has 1 fully saturated rings. The summed E-state index contributed by atoms with van der Waals surface area (Å²) in [6.07, 6.45) is 0. The van der Waals surface area contributed by atoms with E-state index in [2.05, 4.69) is 15.6 Å². The van der Waals surface area contributed by atoms with E-state index >= 15 is 0 Å². The quantitative estimate of drug-likeness (QED) is 0.896. The van der Waals surface area contributed by atoms with Crippen LogP contribution in [0.3, 0.4) is 0 Å². The van der Waals surface area contributed by atoms with E-state index in [1.165, 1.54) is 11.3 Å². The number of thiazole rings is 1. The van der Waals surface area contributed by atoms with Crippen LogP contribution in [-0.4, -0.2) is 43.8 Å². The van der Waals surface area contributed by atoms with Crippen molar-refractivity contribution in [3.63, 3.8) is 0 Å². The Labute approximate surface area is 138 Å². The average molecular weight is 333 g/mol. The van der Waals surface area contributed by atoms with E-state index in [4.69, 9.17) is 9.47 Å². The van der Waals surface area contributed by atoms with Gasteiger partial charge in [-0.3, -0.25) is 4.79 Å². The first-order valence-electron chi connectivity index (χ1n) is 7.40. The number of amides is 1. The Kier molecular flexibility index (Phi) is 4.90. The zero-order valence-corrected chi connectivity index (χ0v) is 13.9. The number of anilines is 1. The molecule has 1 aliphatic rings. The Morgan fingerprint density at radius 2 is 2.39 bits per heavy atom. The molecule has 1 aromatic carbocycles. The summed E-state index contributed by atoms with van der Waals surface area (Å²) in [5.41, 5.74) is 2.84. The summed E-state index contributed by atoms with van der Waals surface area (Å²) in [5.74, 6) is 0.642. The Morgan fingerprint density at radius 3 is 3.13 bits per heavy atom. The Hall–Kier alpha value is -1.96. The number of rotatable bonds is 4. The molecule has 1 aromatic heterocycles. The summed E-state index contributed by atoms with van der Waals surface area (Å²) in [6.45, 7) is 3.72. The molecule has 2 N–H and O–H groups in total. The summed E-state index contributed by atoms with van der Waals surface area (Å²) in [4.78, 5) is 16.7. The molecule has 0 saturated carbocycles. The second kappa shape index (κ2) is 7.08. The number of carbonyl (C=O) groups is 1. The molecule has 1 amide bonds. The SMILES string of the molecule is COc1ccc(C)cc1-c1csc(NC(=O)C2COCCN2)n1. The highest BCUT2D eigenvalue weighted by atomic mass is 32.1. The summed E-state index contributed by atoms with van der Waals surface area (Å²) >= 11 is 1.39. The third kappa shape index (κ3) is 3.69. The average Bonchev–Trinajstić information content (AvgIpc) is 3.04. The Balaban J connectivity index is 1.75. The summed E-state index contributed by atoms with van der Waals surface area (Å²) < 4.78 is 10.7. The van der Waals surface area contributed by atoms with Gasteiger partial charge in [-0.05, 0) is 19.1 Å². The lowest BCUT2D eigenvalue weighted by Crippen LogP contribution is -2.48. The van der Waals surface area contributed by atoms with Gasteiger partial charge >= 0.3 is 0 Å². The van der Waals surface area contributed by atoms with Crippen LogP contribution in [0.15, 0.2) is 23.6 Å². The smallest absolute Gasteiger partial charge is 0.245 e. The predicted molar refractivity (Wildman–Crippen MR) is 90.1 cm³/mol. The van der Waals surface area contributed by atoms with E-state index in [0.29, 0.717) is 24.9 Å². The first-order valence-corrected chi connectivity index (χ1v) is 8.28. The van der Waals surface area contributed by atoms with Crippen molar-refractivity contribution in [1.82, 2.24) is 10.3 Å². The largest absolute Gasteiger partial charge is 0.496 e. The maximum atomic E-state index is 12.2. The number of benzene rings is 1. The van der Waals surface area contributed by atoms with Crippen LogP contribution in [-0.2, 0) is 9.53 Å². The van der Waals surface area contributed by atoms with Crippen LogP contribution in [0.1, 0.15) is 5.56 Å². The van der Waals surface area contributed by atoms with Crippen LogP contribution >= 0.6 is 11.3 Å². The number of hydrogen-bond donors (Lipinski definition) is 2. The van der Waals surface area contributed by atoms with Crippen molar-refractivity contribution in [2.45, 2.75) is 13.0 Å². The molecule has 1 aliphatic heterocycles. The van der Waals surface area contributed by atoms with Crippen molar-refractivity contribution in [1.29, 1.82) is 0 Å². The first-order chi connectivity index (χ1) is 11.2. The predicted octanol–water partition coefficient (Wildman–Crippen LogP) is 2.05. The molecular formula is C16H19N3O3S. The number of morpholine rings is 1. The molecule has 1 atom stereocenters. The van der Waals surface area contributed by atoms with Crippen LogP contribution in [0.25, 0.3) is 11.3 Å². The van der Waals surface area contributed by atoms with Crippen LogP contribution in [0, 0.1) is 6.92 Å². The van der Waals surface area contributed by atoms with E-state index in [-0.39, 0.29) is 11.9 Å². The molecule has 1 unspecified atom stereocenters. The first kappa shape index (κ1) is 15.9. The zero-order chi connectivity index (χ0) is 16.2. The van der Waals surface area contributed by atoms with Crippen molar-refractivity contribution < 1.29 is 14.3 Å². The van der Waals surface area contributed by atoms with Crippen LogP contribution in [0.5, 0.6) is 5.75 Å². The minimum atomic E-state index is -0.329. The van der Waals surface area contributed by atoms with Gasteiger partial charge in [0.2, 0.25) is 5.91 Å². The second-order valence-electron chi connectivity index (χ2n) is 5.31. The van der Waals surface area contributed by atoms with Gasteiger partial charge in [-0.1, -0.05) is 11.6 Å². The van der Waals surface area contributed by atoms with Crippen LogP contribution < -0.4 is 15.4 Å². The summed E-state index contributed by atoms with van der Waals surface area (Å²) in [6, 6.07) is 5.61. The van der Waals surface area contributed by atoms with E-state index in [0.717, 1.165) is 22.6 Å². The molecule has 1 saturated heterocycles. The fraction of sp³-hybridized carbons (Fsp3) is 0.375. The third-order valence-corrected chi connectivity index (χ3v) is 4.36. The number of carbonyl (C=O) groups excluding carboxylic acids is 1. The second-order valence-corrected chi connectivity index (χ2v) is 6.17. The molecule has 2 aromatic rings. The number of nitrogens with one attached hydrogen (secondary N) is 2. The number of methoxy groups -OCH3 is 1. The van der Waals surface area contributed by atoms with E-state index in [9.17, 15) is 4.79 Å². The molecule has 7 heteroatoms. The fourth-order valence-electron chi connectivity index (χ4n) is 2.40. The number of ether oxygens (including phenoxy) is 2. The van der Waals surface area contributed by atoms with Crippen molar-refractivity contribution in [2.24, 2.45) is 0 Å². The molecule has 0 aliphatic carbocycles. The van der Waals surface area contributed by atoms with Gasteiger partial charge in [0.05, 0.1) is 26.0 Å².